The second kappa shape index (κ2) is 6.15. The fraction of sp³-hybridized carbons (Fsp3) is 0.733. The summed E-state index contributed by atoms with van der Waals surface area (Å²) in [5.41, 5.74) is 0.446. The van der Waals surface area contributed by atoms with Gasteiger partial charge in [-0.25, -0.2) is 4.79 Å². The molecule has 0 bridgehead atoms. The molecule has 1 aromatic rings. The van der Waals surface area contributed by atoms with Crippen molar-refractivity contribution in [2.24, 2.45) is 0 Å². The van der Waals surface area contributed by atoms with Gasteiger partial charge in [0.2, 0.25) is 0 Å². The van der Waals surface area contributed by atoms with E-state index in [9.17, 15) is 4.79 Å². The van der Waals surface area contributed by atoms with E-state index in [1.165, 1.54) is 0 Å². The Hall–Kier alpha value is -1.40. The molecule has 21 heavy (non-hydrogen) atoms. The maximum atomic E-state index is 11.7. The summed E-state index contributed by atoms with van der Waals surface area (Å²) in [7, 11) is 0. The van der Waals surface area contributed by atoms with Crippen LogP contribution in [0.25, 0.3) is 0 Å². The van der Waals surface area contributed by atoms with Gasteiger partial charge in [-0.3, -0.25) is 4.68 Å². The summed E-state index contributed by atoms with van der Waals surface area (Å²) < 4.78 is 18.4. The van der Waals surface area contributed by atoms with E-state index in [1.54, 1.807) is 19.3 Å². The van der Waals surface area contributed by atoms with Crippen LogP contribution in [0.3, 0.4) is 0 Å². The first-order valence-electron chi connectivity index (χ1n) is 7.65. The van der Waals surface area contributed by atoms with Gasteiger partial charge in [0.15, 0.2) is 0 Å². The third-order valence-electron chi connectivity index (χ3n) is 4.36. The summed E-state index contributed by atoms with van der Waals surface area (Å²) in [4.78, 5) is 11.7. The van der Waals surface area contributed by atoms with Crippen molar-refractivity contribution in [2.75, 3.05) is 26.4 Å². The van der Waals surface area contributed by atoms with Gasteiger partial charge in [-0.15, -0.1) is 0 Å². The maximum absolute atomic E-state index is 11.7. The lowest BCUT2D eigenvalue weighted by Crippen LogP contribution is -2.44. The van der Waals surface area contributed by atoms with Crippen LogP contribution in [0.2, 0.25) is 0 Å². The number of aromatic nitrogens is 2. The zero-order valence-corrected chi connectivity index (χ0v) is 12.4. The van der Waals surface area contributed by atoms with Gasteiger partial charge in [-0.05, 0) is 32.6 Å². The van der Waals surface area contributed by atoms with E-state index in [2.05, 4.69) is 5.10 Å². The van der Waals surface area contributed by atoms with Crippen LogP contribution in [0.5, 0.6) is 0 Å². The Morgan fingerprint density at radius 2 is 2.29 bits per heavy atom. The number of nitrogens with zero attached hydrogens (tertiary/aromatic N) is 2. The molecule has 1 spiro atoms. The maximum Gasteiger partial charge on any atom is 0.341 e. The largest absolute Gasteiger partial charge is 0.462 e. The summed E-state index contributed by atoms with van der Waals surface area (Å²) in [6, 6.07) is 0.278. The minimum Gasteiger partial charge on any atom is -0.462 e. The van der Waals surface area contributed by atoms with Crippen molar-refractivity contribution in [3.8, 4) is 0 Å². The number of carbonyl (C=O) groups excluding carboxylic acids is 1. The normalized spacial score (nSPS) is 24.9. The first-order chi connectivity index (χ1) is 10.2. The van der Waals surface area contributed by atoms with Crippen molar-refractivity contribution in [2.45, 2.75) is 44.2 Å². The van der Waals surface area contributed by atoms with Crippen LogP contribution < -0.4 is 0 Å². The fourth-order valence-electron chi connectivity index (χ4n) is 3.18. The van der Waals surface area contributed by atoms with Crippen LogP contribution in [0, 0.1) is 0 Å². The molecule has 3 rings (SSSR count). The summed E-state index contributed by atoms with van der Waals surface area (Å²) >= 11 is 0. The van der Waals surface area contributed by atoms with Gasteiger partial charge < -0.3 is 14.2 Å². The summed E-state index contributed by atoms with van der Waals surface area (Å²) in [5, 5.41) is 4.35. The minimum atomic E-state index is -0.309. The van der Waals surface area contributed by atoms with Crippen molar-refractivity contribution in [3.63, 3.8) is 0 Å². The molecule has 2 saturated heterocycles. The summed E-state index contributed by atoms with van der Waals surface area (Å²) in [6.45, 7) is 4.44. The Bertz CT molecular complexity index is 488. The predicted molar refractivity (Wildman–Crippen MR) is 75.2 cm³/mol. The van der Waals surface area contributed by atoms with Crippen molar-refractivity contribution in [3.05, 3.63) is 18.0 Å². The van der Waals surface area contributed by atoms with E-state index in [-0.39, 0.29) is 17.6 Å². The van der Waals surface area contributed by atoms with Gasteiger partial charge in [0.25, 0.3) is 0 Å². The first-order valence-corrected chi connectivity index (χ1v) is 7.65. The van der Waals surface area contributed by atoms with Crippen molar-refractivity contribution < 1.29 is 19.0 Å². The average molecular weight is 294 g/mol. The molecule has 1 atom stereocenters. The van der Waals surface area contributed by atoms with E-state index >= 15 is 0 Å². The molecular formula is C15H22N2O4. The SMILES string of the molecule is CCOC(=O)c1cnn(C2CCOC3(CCOCC3)C2)c1. The number of ether oxygens (including phenoxy) is 3. The van der Waals surface area contributed by atoms with Crippen LogP contribution >= 0.6 is 0 Å². The Labute approximate surface area is 124 Å². The monoisotopic (exact) mass is 294 g/mol. The van der Waals surface area contributed by atoms with Gasteiger partial charge >= 0.3 is 5.97 Å². The summed E-state index contributed by atoms with van der Waals surface area (Å²) in [5.74, 6) is -0.309. The highest BCUT2D eigenvalue weighted by atomic mass is 16.5. The van der Waals surface area contributed by atoms with Gasteiger partial charge in [0.1, 0.15) is 0 Å². The lowest BCUT2D eigenvalue weighted by molar-refractivity contribution is -0.145. The predicted octanol–water partition coefficient (Wildman–Crippen LogP) is 1.96. The van der Waals surface area contributed by atoms with Gasteiger partial charge in [-0.2, -0.15) is 5.10 Å². The second-order valence-electron chi connectivity index (χ2n) is 5.72. The number of carbonyl (C=O) groups is 1. The van der Waals surface area contributed by atoms with Crippen LogP contribution in [-0.2, 0) is 14.2 Å². The Morgan fingerprint density at radius 3 is 3.05 bits per heavy atom. The van der Waals surface area contributed by atoms with Crippen molar-refractivity contribution in [1.29, 1.82) is 0 Å². The van der Waals surface area contributed by atoms with Crippen molar-refractivity contribution >= 4 is 5.97 Å². The molecule has 0 aliphatic carbocycles. The average Bonchev–Trinajstić information content (AvgIpc) is 2.98. The topological polar surface area (TPSA) is 62.6 Å². The quantitative estimate of drug-likeness (QED) is 0.797. The molecule has 2 aliphatic heterocycles. The molecule has 1 aromatic heterocycles. The number of hydrogen-bond acceptors (Lipinski definition) is 5. The molecule has 0 amide bonds. The highest BCUT2D eigenvalue weighted by Crippen LogP contribution is 2.38. The zero-order chi connectivity index (χ0) is 14.7. The third-order valence-corrected chi connectivity index (χ3v) is 4.36. The van der Waals surface area contributed by atoms with Gasteiger partial charge in [0, 0.05) is 26.0 Å². The molecule has 0 saturated carbocycles. The molecule has 1 unspecified atom stereocenters. The smallest absolute Gasteiger partial charge is 0.341 e. The molecule has 0 aromatic carbocycles. The number of hydrogen-bond donors (Lipinski definition) is 0. The molecule has 116 valence electrons. The van der Waals surface area contributed by atoms with E-state index in [0.29, 0.717) is 12.2 Å². The minimum absolute atomic E-state index is 0.0722. The molecule has 0 N–H and O–H groups in total. The van der Waals surface area contributed by atoms with Crippen LogP contribution in [0.1, 0.15) is 49.0 Å². The number of esters is 1. The molecule has 3 heterocycles. The Balaban J connectivity index is 1.70. The van der Waals surface area contributed by atoms with Crippen molar-refractivity contribution in [1.82, 2.24) is 9.78 Å². The first kappa shape index (κ1) is 14.5. The standard InChI is InChI=1S/C15H22N2O4/c1-2-20-14(18)12-10-16-17(11-12)13-3-6-21-15(9-13)4-7-19-8-5-15/h10-11,13H,2-9H2,1H3. The highest BCUT2D eigenvalue weighted by Gasteiger charge is 2.39. The second-order valence-corrected chi connectivity index (χ2v) is 5.72. The Kier molecular flexibility index (Phi) is 4.26. The van der Waals surface area contributed by atoms with E-state index in [0.717, 1.165) is 45.5 Å². The zero-order valence-electron chi connectivity index (χ0n) is 12.4. The highest BCUT2D eigenvalue weighted by molar-refractivity contribution is 5.88. The van der Waals surface area contributed by atoms with Gasteiger partial charge in [0.05, 0.1) is 30.0 Å². The molecule has 6 heteroatoms. The summed E-state index contributed by atoms with van der Waals surface area (Å²) in [6.07, 6.45) is 7.11. The van der Waals surface area contributed by atoms with E-state index in [4.69, 9.17) is 14.2 Å². The van der Waals surface area contributed by atoms with Crippen LogP contribution in [0.4, 0.5) is 0 Å². The fourth-order valence-corrected chi connectivity index (χ4v) is 3.18. The lowest BCUT2D eigenvalue weighted by Gasteiger charge is -2.43. The Morgan fingerprint density at radius 1 is 1.48 bits per heavy atom. The van der Waals surface area contributed by atoms with E-state index < -0.39 is 0 Å². The van der Waals surface area contributed by atoms with Crippen LogP contribution in [-0.4, -0.2) is 47.8 Å². The molecule has 2 aliphatic rings. The number of rotatable bonds is 3. The molecule has 2 fully saturated rings. The molecular weight excluding hydrogens is 272 g/mol. The molecule has 6 nitrogen and oxygen atoms in total. The third kappa shape index (κ3) is 3.11. The van der Waals surface area contributed by atoms with Crippen LogP contribution in [0.15, 0.2) is 12.4 Å². The lowest BCUT2D eigenvalue weighted by atomic mass is 9.84. The van der Waals surface area contributed by atoms with Gasteiger partial charge in [-0.1, -0.05) is 0 Å². The van der Waals surface area contributed by atoms with E-state index in [1.807, 2.05) is 4.68 Å². The molecule has 0 radical (unpaired) electrons.